The van der Waals surface area contributed by atoms with Crippen LogP contribution in [0, 0.1) is 0 Å². The van der Waals surface area contributed by atoms with Crippen LogP contribution in [-0.4, -0.2) is 58.2 Å². The molecule has 0 aliphatic carbocycles. The van der Waals surface area contributed by atoms with Crippen molar-refractivity contribution in [3.63, 3.8) is 0 Å². The zero-order chi connectivity index (χ0) is 21.3. The monoisotopic (exact) mass is 429 g/mol. The number of hydrogen-bond acceptors (Lipinski definition) is 8. The first-order valence-corrected chi connectivity index (χ1v) is 11.0. The van der Waals surface area contributed by atoms with E-state index in [0.29, 0.717) is 5.16 Å². The second kappa shape index (κ2) is 10.9. The van der Waals surface area contributed by atoms with E-state index in [0.717, 1.165) is 32.5 Å². The summed E-state index contributed by atoms with van der Waals surface area (Å²) in [6, 6.07) is 10.6. The van der Waals surface area contributed by atoms with Crippen LogP contribution in [-0.2, 0) is 16.1 Å². The van der Waals surface area contributed by atoms with Gasteiger partial charge in [-0.3, -0.25) is 9.69 Å². The van der Waals surface area contributed by atoms with E-state index in [1.807, 2.05) is 6.07 Å². The van der Waals surface area contributed by atoms with Crippen molar-refractivity contribution in [3.8, 4) is 0 Å². The number of nitrogens with two attached hydrogens (primary N) is 1. The van der Waals surface area contributed by atoms with Gasteiger partial charge in [0.2, 0.25) is 5.91 Å². The van der Waals surface area contributed by atoms with Crippen molar-refractivity contribution in [3.05, 3.63) is 47.7 Å². The molecule has 0 saturated carbocycles. The molecule has 9 heteroatoms. The average Bonchev–Trinajstić information content (AvgIpc) is 2.74. The van der Waals surface area contributed by atoms with Crippen LogP contribution >= 0.6 is 11.8 Å². The largest absolute Gasteiger partial charge is 0.462 e. The number of likely N-dealkylation sites (tertiary alicyclic amines) is 1. The SMILES string of the molecule is CCOC(=O)c1cnc(SCC(=O)NC2CCN(Cc3ccccc3)CC2)nc1N. The third kappa shape index (κ3) is 6.43. The Morgan fingerprint density at radius 3 is 2.67 bits per heavy atom. The molecule has 0 bridgehead atoms. The van der Waals surface area contributed by atoms with Crippen molar-refractivity contribution in [2.75, 3.05) is 31.2 Å². The highest BCUT2D eigenvalue weighted by molar-refractivity contribution is 7.99. The molecular weight excluding hydrogens is 402 g/mol. The first-order chi connectivity index (χ1) is 14.5. The Balaban J connectivity index is 1.40. The van der Waals surface area contributed by atoms with E-state index in [4.69, 9.17) is 10.5 Å². The fourth-order valence-corrected chi connectivity index (χ4v) is 3.92. The van der Waals surface area contributed by atoms with Crippen molar-refractivity contribution in [1.29, 1.82) is 0 Å². The van der Waals surface area contributed by atoms with Crippen molar-refractivity contribution >= 4 is 29.5 Å². The molecular formula is C21H27N5O3S. The number of anilines is 1. The molecule has 30 heavy (non-hydrogen) atoms. The Kier molecular flexibility index (Phi) is 8.04. The predicted octanol–water partition coefficient (Wildman–Crippen LogP) is 2.11. The lowest BCUT2D eigenvalue weighted by atomic mass is 10.0. The molecule has 0 spiro atoms. The highest BCUT2D eigenvalue weighted by atomic mass is 32.2. The molecule has 2 aromatic rings. The van der Waals surface area contributed by atoms with Gasteiger partial charge < -0.3 is 15.8 Å². The lowest BCUT2D eigenvalue weighted by Gasteiger charge is -2.32. The summed E-state index contributed by atoms with van der Waals surface area (Å²) in [7, 11) is 0. The van der Waals surface area contributed by atoms with Crippen molar-refractivity contribution in [1.82, 2.24) is 20.2 Å². The standard InChI is InChI=1S/C21H27N5O3S/c1-2-29-20(28)17-12-23-21(25-19(17)22)30-14-18(27)24-16-8-10-26(11-9-16)13-15-6-4-3-5-7-15/h3-7,12,16H,2,8-11,13-14H2,1H3,(H,24,27)(H2,22,23,25). The van der Waals surface area contributed by atoms with Gasteiger partial charge in [0.1, 0.15) is 11.4 Å². The van der Waals surface area contributed by atoms with Gasteiger partial charge in [0, 0.05) is 31.9 Å². The van der Waals surface area contributed by atoms with Gasteiger partial charge in [0.05, 0.1) is 12.4 Å². The molecule has 0 atom stereocenters. The minimum absolute atomic E-state index is 0.0529. The minimum Gasteiger partial charge on any atom is -0.462 e. The number of hydrogen-bond donors (Lipinski definition) is 2. The molecule has 1 aromatic heterocycles. The lowest BCUT2D eigenvalue weighted by Crippen LogP contribution is -2.44. The number of ether oxygens (including phenoxy) is 1. The van der Waals surface area contributed by atoms with Crippen LogP contribution in [0.15, 0.2) is 41.7 Å². The summed E-state index contributed by atoms with van der Waals surface area (Å²) in [5.74, 6) is -0.360. The van der Waals surface area contributed by atoms with Gasteiger partial charge in [-0.2, -0.15) is 0 Å². The Hall–Kier alpha value is -2.65. The summed E-state index contributed by atoms with van der Waals surface area (Å²) in [6.07, 6.45) is 3.20. The average molecular weight is 430 g/mol. The van der Waals surface area contributed by atoms with E-state index in [9.17, 15) is 9.59 Å². The smallest absolute Gasteiger partial charge is 0.343 e. The maximum absolute atomic E-state index is 12.3. The fraction of sp³-hybridized carbons (Fsp3) is 0.429. The molecule has 1 aliphatic heterocycles. The molecule has 1 aliphatic rings. The van der Waals surface area contributed by atoms with Crippen LogP contribution in [0.2, 0.25) is 0 Å². The third-order valence-corrected chi connectivity index (χ3v) is 5.69. The zero-order valence-electron chi connectivity index (χ0n) is 17.0. The molecule has 1 fully saturated rings. The molecule has 0 radical (unpaired) electrons. The van der Waals surface area contributed by atoms with Gasteiger partial charge in [-0.05, 0) is 25.3 Å². The number of esters is 1. The number of amides is 1. The van der Waals surface area contributed by atoms with Gasteiger partial charge in [-0.1, -0.05) is 42.1 Å². The summed E-state index contributed by atoms with van der Waals surface area (Å²) >= 11 is 1.19. The molecule has 2 heterocycles. The van der Waals surface area contributed by atoms with Gasteiger partial charge in [0.15, 0.2) is 5.16 Å². The van der Waals surface area contributed by atoms with E-state index in [1.165, 1.54) is 23.5 Å². The number of aromatic nitrogens is 2. The van der Waals surface area contributed by atoms with Crippen LogP contribution in [0.5, 0.6) is 0 Å². The highest BCUT2D eigenvalue weighted by Gasteiger charge is 2.21. The number of nitrogen functional groups attached to an aromatic ring is 1. The van der Waals surface area contributed by atoms with Gasteiger partial charge in [0.25, 0.3) is 0 Å². The maximum Gasteiger partial charge on any atom is 0.343 e. The number of rotatable bonds is 8. The first kappa shape index (κ1) is 22.0. The molecule has 8 nitrogen and oxygen atoms in total. The summed E-state index contributed by atoms with van der Waals surface area (Å²) in [6.45, 7) is 4.83. The summed E-state index contributed by atoms with van der Waals surface area (Å²) < 4.78 is 4.90. The molecule has 0 unspecified atom stereocenters. The molecule has 3 N–H and O–H groups in total. The third-order valence-electron chi connectivity index (χ3n) is 4.83. The number of thioether (sulfide) groups is 1. The molecule has 3 rings (SSSR count). The first-order valence-electron chi connectivity index (χ1n) is 10.0. The molecule has 1 saturated heterocycles. The maximum atomic E-state index is 12.3. The number of nitrogens with zero attached hydrogens (tertiary/aromatic N) is 3. The Morgan fingerprint density at radius 1 is 1.27 bits per heavy atom. The van der Waals surface area contributed by atoms with Gasteiger partial charge >= 0.3 is 5.97 Å². The van der Waals surface area contributed by atoms with Crippen molar-refractivity contribution < 1.29 is 14.3 Å². The quantitative estimate of drug-likeness (QED) is 0.373. The van der Waals surface area contributed by atoms with E-state index in [2.05, 4.69) is 44.5 Å². The van der Waals surface area contributed by atoms with Crippen LogP contribution in [0.25, 0.3) is 0 Å². The Labute approximate surface area is 180 Å². The second-order valence-corrected chi connectivity index (χ2v) is 8.01. The number of piperidine rings is 1. The van der Waals surface area contributed by atoms with E-state index in [-0.39, 0.29) is 35.7 Å². The lowest BCUT2D eigenvalue weighted by molar-refractivity contribution is -0.119. The Morgan fingerprint density at radius 2 is 2.00 bits per heavy atom. The number of benzene rings is 1. The van der Waals surface area contributed by atoms with Crippen LogP contribution in [0.4, 0.5) is 5.82 Å². The normalized spacial score (nSPS) is 15.0. The minimum atomic E-state index is -0.553. The summed E-state index contributed by atoms with van der Waals surface area (Å²) in [4.78, 5) is 34.6. The van der Waals surface area contributed by atoms with Crippen molar-refractivity contribution in [2.24, 2.45) is 0 Å². The number of carbonyl (C=O) groups is 2. The van der Waals surface area contributed by atoms with Crippen LogP contribution in [0.1, 0.15) is 35.7 Å². The van der Waals surface area contributed by atoms with Crippen LogP contribution in [0.3, 0.4) is 0 Å². The van der Waals surface area contributed by atoms with Crippen LogP contribution < -0.4 is 11.1 Å². The van der Waals surface area contributed by atoms with Crippen molar-refractivity contribution in [2.45, 2.75) is 37.5 Å². The van der Waals surface area contributed by atoms with E-state index < -0.39 is 5.97 Å². The Bertz CT molecular complexity index is 857. The van der Waals surface area contributed by atoms with Gasteiger partial charge in [-0.25, -0.2) is 14.8 Å². The highest BCUT2D eigenvalue weighted by Crippen LogP contribution is 2.18. The summed E-state index contributed by atoms with van der Waals surface area (Å²) in [5.41, 5.74) is 7.25. The van der Waals surface area contributed by atoms with E-state index in [1.54, 1.807) is 6.92 Å². The molecule has 160 valence electrons. The molecule has 1 amide bonds. The number of nitrogens with one attached hydrogen (secondary N) is 1. The number of carbonyl (C=O) groups excluding carboxylic acids is 2. The topological polar surface area (TPSA) is 110 Å². The molecule has 1 aromatic carbocycles. The van der Waals surface area contributed by atoms with E-state index >= 15 is 0 Å². The fourth-order valence-electron chi connectivity index (χ4n) is 3.29. The van der Waals surface area contributed by atoms with Gasteiger partial charge in [-0.15, -0.1) is 0 Å². The zero-order valence-corrected chi connectivity index (χ0v) is 17.9. The summed E-state index contributed by atoms with van der Waals surface area (Å²) in [5, 5.41) is 3.44. The predicted molar refractivity (Wildman–Crippen MR) is 116 cm³/mol. The second-order valence-electron chi connectivity index (χ2n) is 7.06.